The van der Waals surface area contributed by atoms with Gasteiger partial charge in [0.2, 0.25) is 6.79 Å². The summed E-state index contributed by atoms with van der Waals surface area (Å²) < 4.78 is 10.4. The minimum Gasteiger partial charge on any atom is -0.507 e. The fourth-order valence-corrected chi connectivity index (χ4v) is 4.76. The van der Waals surface area contributed by atoms with Gasteiger partial charge in [0.1, 0.15) is 11.5 Å². The van der Waals surface area contributed by atoms with E-state index in [0.29, 0.717) is 24.3 Å². The van der Waals surface area contributed by atoms with Crippen LogP contribution in [0.3, 0.4) is 0 Å². The molecule has 0 atom stereocenters. The predicted molar refractivity (Wildman–Crippen MR) is 165 cm³/mol. The molecule has 2 rings (SSSR count). The molecule has 41 heavy (non-hydrogen) atoms. The maximum atomic E-state index is 12.4. The SMILES string of the molecule is CC(C)(C)c1cc(CCC(=O)OCOC(=O)CCc2cc(C(C)(C)C)c(O)c(C(C)(C)C)c2)cc(C(C)(C)C)c1O. The Balaban J connectivity index is 1.97. The van der Waals surface area contributed by atoms with Crippen LogP contribution in [0.2, 0.25) is 0 Å². The van der Waals surface area contributed by atoms with Crippen molar-refractivity contribution in [2.24, 2.45) is 0 Å². The molecule has 6 heteroatoms. The molecule has 2 N–H and O–H groups in total. The van der Waals surface area contributed by atoms with Crippen LogP contribution in [0.5, 0.6) is 11.5 Å². The molecule has 0 amide bonds. The van der Waals surface area contributed by atoms with Gasteiger partial charge in [-0.1, -0.05) is 107 Å². The van der Waals surface area contributed by atoms with Crippen molar-refractivity contribution in [3.05, 3.63) is 57.6 Å². The van der Waals surface area contributed by atoms with E-state index in [-0.39, 0.29) is 34.5 Å². The topological polar surface area (TPSA) is 93.1 Å². The molecular weight excluding hydrogens is 516 g/mol. The molecule has 0 aliphatic heterocycles. The second-order valence-corrected chi connectivity index (χ2v) is 15.2. The average Bonchev–Trinajstić information content (AvgIpc) is 2.79. The van der Waals surface area contributed by atoms with Crippen LogP contribution >= 0.6 is 0 Å². The molecule has 0 bridgehead atoms. The third-order valence-electron chi connectivity index (χ3n) is 7.25. The highest BCUT2D eigenvalue weighted by Crippen LogP contribution is 2.41. The normalized spacial score (nSPS) is 12.8. The van der Waals surface area contributed by atoms with Gasteiger partial charge in [-0.15, -0.1) is 0 Å². The van der Waals surface area contributed by atoms with Gasteiger partial charge in [0.15, 0.2) is 0 Å². The van der Waals surface area contributed by atoms with Gasteiger partial charge >= 0.3 is 11.9 Å². The average molecular weight is 569 g/mol. The highest BCUT2D eigenvalue weighted by atomic mass is 16.7. The first-order chi connectivity index (χ1) is 18.5. The summed E-state index contributed by atoms with van der Waals surface area (Å²) in [7, 11) is 0. The number of ether oxygens (including phenoxy) is 2. The number of aryl methyl sites for hydroxylation is 2. The largest absolute Gasteiger partial charge is 0.507 e. The molecule has 0 aliphatic carbocycles. The highest BCUT2D eigenvalue weighted by Gasteiger charge is 2.28. The van der Waals surface area contributed by atoms with Crippen molar-refractivity contribution in [2.45, 2.75) is 130 Å². The first-order valence-electron chi connectivity index (χ1n) is 14.6. The van der Waals surface area contributed by atoms with Crippen molar-refractivity contribution in [1.82, 2.24) is 0 Å². The van der Waals surface area contributed by atoms with E-state index in [0.717, 1.165) is 33.4 Å². The van der Waals surface area contributed by atoms with E-state index in [1.807, 2.05) is 24.3 Å². The first kappa shape index (κ1) is 34.2. The van der Waals surface area contributed by atoms with Crippen LogP contribution in [0.1, 0.15) is 129 Å². The minimum absolute atomic E-state index is 0.133. The Kier molecular flexibility index (Phi) is 10.4. The van der Waals surface area contributed by atoms with Crippen molar-refractivity contribution in [3.8, 4) is 11.5 Å². The summed E-state index contributed by atoms with van der Waals surface area (Å²) in [4.78, 5) is 24.8. The monoisotopic (exact) mass is 568 g/mol. The molecule has 0 unspecified atom stereocenters. The number of phenolic OH excluding ortho intramolecular Hbond substituents is 2. The number of carbonyl (C=O) groups excluding carboxylic acids is 2. The zero-order valence-electron chi connectivity index (χ0n) is 27.4. The molecule has 0 saturated heterocycles. The van der Waals surface area contributed by atoms with Crippen LogP contribution in [0.25, 0.3) is 0 Å². The minimum atomic E-state index is -0.455. The molecule has 0 aromatic heterocycles. The van der Waals surface area contributed by atoms with Gasteiger partial charge < -0.3 is 19.7 Å². The number of esters is 2. The lowest BCUT2D eigenvalue weighted by molar-refractivity contribution is -0.167. The number of rotatable bonds is 8. The molecule has 0 saturated carbocycles. The van der Waals surface area contributed by atoms with Crippen LogP contribution in [0.4, 0.5) is 0 Å². The number of hydrogen-bond acceptors (Lipinski definition) is 6. The van der Waals surface area contributed by atoms with Crippen molar-refractivity contribution in [3.63, 3.8) is 0 Å². The van der Waals surface area contributed by atoms with Gasteiger partial charge in [-0.2, -0.15) is 0 Å². The van der Waals surface area contributed by atoms with E-state index >= 15 is 0 Å². The van der Waals surface area contributed by atoms with E-state index in [9.17, 15) is 19.8 Å². The Morgan fingerprint density at radius 1 is 0.537 bits per heavy atom. The lowest BCUT2D eigenvalue weighted by Crippen LogP contribution is -2.18. The maximum Gasteiger partial charge on any atom is 0.308 e. The third kappa shape index (κ3) is 9.51. The molecule has 228 valence electrons. The maximum absolute atomic E-state index is 12.4. The van der Waals surface area contributed by atoms with E-state index in [1.165, 1.54) is 0 Å². The number of phenols is 2. The molecule has 0 radical (unpaired) electrons. The van der Waals surface area contributed by atoms with Gasteiger partial charge in [-0.05, 0) is 67.9 Å². The number of carbonyl (C=O) groups is 2. The summed E-state index contributed by atoms with van der Waals surface area (Å²) in [5, 5.41) is 21.8. The van der Waals surface area contributed by atoms with Crippen LogP contribution in [-0.4, -0.2) is 28.9 Å². The van der Waals surface area contributed by atoms with Crippen molar-refractivity contribution in [1.29, 1.82) is 0 Å². The van der Waals surface area contributed by atoms with Gasteiger partial charge in [0.25, 0.3) is 0 Å². The zero-order valence-corrected chi connectivity index (χ0v) is 27.4. The standard InChI is InChI=1S/C35H52O6/c1-32(2,3)24-17-22(18-25(30(24)38)33(4,5)6)13-15-28(36)40-21-41-29(37)16-14-23-19-26(34(7,8)9)31(39)27(20-23)35(10,11)12/h17-20,38-39H,13-16,21H2,1-12H3. The molecule has 0 heterocycles. The summed E-state index contributed by atoms with van der Waals surface area (Å²) in [6.07, 6.45) is 1.17. The third-order valence-corrected chi connectivity index (χ3v) is 7.25. The van der Waals surface area contributed by atoms with E-state index in [4.69, 9.17) is 9.47 Å². The smallest absolute Gasteiger partial charge is 0.308 e. The van der Waals surface area contributed by atoms with Crippen molar-refractivity contribution < 1.29 is 29.3 Å². The summed E-state index contributed by atoms with van der Waals surface area (Å²) in [5.41, 5.74) is 4.28. The lowest BCUT2D eigenvalue weighted by Gasteiger charge is -2.28. The highest BCUT2D eigenvalue weighted by molar-refractivity contribution is 5.71. The quantitative estimate of drug-likeness (QED) is 0.248. The van der Waals surface area contributed by atoms with Gasteiger partial charge in [-0.25, -0.2) is 0 Å². The van der Waals surface area contributed by atoms with Crippen molar-refractivity contribution in [2.75, 3.05) is 6.79 Å². The van der Waals surface area contributed by atoms with E-state index in [1.54, 1.807) is 0 Å². The number of benzene rings is 2. The molecule has 2 aromatic rings. The Labute approximate surface area is 247 Å². The molecule has 0 aliphatic rings. The molecule has 0 fully saturated rings. The van der Waals surface area contributed by atoms with E-state index < -0.39 is 18.7 Å². The summed E-state index contributed by atoms with van der Waals surface area (Å²) >= 11 is 0. The van der Waals surface area contributed by atoms with Crippen LogP contribution in [-0.2, 0) is 53.6 Å². The lowest BCUT2D eigenvalue weighted by atomic mass is 9.78. The number of aromatic hydroxyl groups is 2. The summed E-state index contributed by atoms with van der Waals surface area (Å²) in [6, 6.07) is 7.82. The fourth-order valence-electron chi connectivity index (χ4n) is 4.76. The second kappa shape index (κ2) is 12.5. The van der Waals surface area contributed by atoms with Gasteiger partial charge in [0, 0.05) is 12.8 Å². The summed E-state index contributed by atoms with van der Waals surface area (Å²) in [5.74, 6) is -0.299. The second-order valence-electron chi connectivity index (χ2n) is 15.2. The Morgan fingerprint density at radius 3 is 1.00 bits per heavy atom. The Morgan fingerprint density at radius 2 is 0.780 bits per heavy atom. The van der Waals surface area contributed by atoms with Gasteiger partial charge in [-0.3, -0.25) is 9.59 Å². The number of hydrogen-bond donors (Lipinski definition) is 2. The van der Waals surface area contributed by atoms with Crippen molar-refractivity contribution >= 4 is 11.9 Å². The Hall–Kier alpha value is -3.02. The zero-order chi connectivity index (χ0) is 31.6. The van der Waals surface area contributed by atoms with E-state index in [2.05, 4.69) is 83.1 Å². The first-order valence-corrected chi connectivity index (χ1v) is 14.6. The van der Waals surface area contributed by atoms with Crippen LogP contribution in [0.15, 0.2) is 24.3 Å². The Bertz CT molecular complexity index is 1080. The molecule has 2 aromatic carbocycles. The molecule has 0 spiro atoms. The summed E-state index contributed by atoms with van der Waals surface area (Å²) in [6.45, 7) is 24.2. The molecular formula is C35H52O6. The molecule has 6 nitrogen and oxygen atoms in total. The van der Waals surface area contributed by atoms with Gasteiger partial charge in [0.05, 0.1) is 0 Å². The predicted octanol–water partition coefficient (Wildman–Crippen LogP) is 7.90. The van der Waals surface area contributed by atoms with Crippen LogP contribution in [0, 0.1) is 0 Å². The van der Waals surface area contributed by atoms with Crippen LogP contribution < -0.4 is 0 Å². The fraction of sp³-hybridized carbons (Fsp3) is 0.600.